The summed E-state index contributed by atoms with van der Waals surface area (Å²) < 4.78 is 15.5. The molecule has 1 atom stereocenters. The zero-order chi connectivity index (χ0) is 17.8. The molecule has 3 rings (SSSR count). The van der Waals surface area contributed by atoms with Gasteiger partial charge in [-0.15, -0.1) is 0 Å². The lowest BCUT2D eigenvalue weighted by Crippen LogP contribution is -2.18. The molecular weight excluding hydrogens is 320 g/mol. The van der Waals surface area contributed by atoms with Crippen LogP contribution in [0.5, 0.6) is 11.5 Å². The first-order valence-corrected chi connectivity index (χ1v) is 8.22. The summed E-state index contributed by atoms with van der Waals surface area (Å²) in [6.45, 7) is 2.22. The molecule has 1 aliphatic heterocycles. The maximum absolute atomic E-state index is 12.6. The Morgan fingerprint density at radius 1 is 1.08 bits per heavy atom. The molecule has 0 N–H and O–H groups in total. The van der Waals surface area contributed by atoms with E-state index in [9.17, 15) is 9.59 Å². The maximum atomic E-state index is 12.6. The predicted octanol–water partition coefficient (Wildman–Crippen LogP) is 3.51. The normalized spacial score (nSPS) is 13.4. The number of ketones is 1. The molecule has 0 spiro atoms. The van der Waals surface area contributed by atoms with Crippen molar-refractivity contribution in [1.82, 2.24) is 0 Å². The quantitative estimate of drug-likeness (QED) is 0.595. The average Bonchev–Trinajstić information content (AvgIpc) is 3.13. The first-order chi connectivity index (χ1) is 12.1. The molecule has 0 bridgehead atoms. The maximum Gasteiger partial charge on any atom is 0.313 e. The lowest BCUT2D eigenvalue weighted by Gasteiger charge is -2.15. The summed E-state index contributed by atoms with van der Waals surface area (Å²) >= 11 is 0. The van der Waals surface area contributed by atoms with E-state index in [2.05, 4.69) is 6.92 Å². The SMILES string of the molecule is CCc1ccc(C(=O)CC(C(=O)OC)c2ccc3c(c2)OCO3)cc1. The van der Waals surface area contributed by atoms with Gasteiger partial charge >= 0.3 is 5.97 Å². The topological polar surface area (TPSA) is 61.8 Å². The molecule has 1 unspecified atom stereocenters. The Balaban J connectivity index is 1.83. The minimum Gasteiger partial charge on any atom is -0.469 e. The van der Waals surface area contributed by atoms with Gasteiger partial charge in [-0.05, 0) is 29.7 Å². The molecule has 130 valence electrons. The third kappa shape index (κ3) is 3.65. The number of carbonyl (C=O) groups excluding carboxylic acids is 2. The Bertz CT molecular complexity index is 779. The van der Waals surface area contributed by atoms with E-state index in [0.29, 0.717) is 22.6 Å². The van der Waals surface area contributed by atoms with Crippen LogP contribution in [-0.4, -0.2) is 25.7 Å². The van der Waals surface area contributed by atoms with Crippen LogP contribution >= 0.6 is 0 Å². The number of esters is 1. The Kier molecular flexibility index (Phi) is 5.03. The number of fused-ring (bicyclic) bond motifs is 1. The van der Waals surface area contributed by atoms with Gasteiger partial charge in [-0.3, -0.25) is 9.59 Å². The molecule has 0 radical (unpaired) electrons. The van der Waals surface area contributed by atoms with E-state index < -0.39 is 11.9 Å². The molecule has 5 nitrogen and oxygen atoms in total. The standard InChI is InChI=1S/C20H20O5/c1-3-13-4-6-14(7-5-13)17(21)11-16(20(22)23-2)15-8-9-18-19(10-15)25-12-24-18/h4-10,16H,3,11-12H2,1-2H3. The summed E-state index contributed by atoms with van der Waals surface area (Å²) in [6, 6.07) is 12.7. The highest BCUT2D eigenvalue weighted by molar-refractivity contribution is 5.99. The van der Waals surface area contributed by atoms with E-state index in [1.165, 1.54) is 7.11 Å². The van der Waals surface area contributed by atoms with E-state index in [-0.39, 0.29) is 19.0 Å². The fraction of sp³-hybridized carbons (Fsp3) is 0.300. The number of methoxy groups -OCH3 is 1. The van der Waals surface area contributed by atoms with E-state index in [4.69, 9.17) is 14.2 Å². The molecule has 0 aliphatic carbocycles. The Hall–Kier alpha value is -2.82. The lowest BCUT2D eigenvalue weighted by atomic mass is 9.91. The Morgan fingerprint density at radius 3 is 2.48 bits per heavy atom. The third-order valence-electron chi connectivity index (χ3n) is 4.36. The van der Waals surface area contributed by atoms with E-state index in [1.54, 1.807) is 30.3 Å². The van der Waals surface area contributed by atoms with Gasteiger partial charge in [-0.2, -0.15) is 0 Å². The third-order valence-corrected chi connectivity index (χ3v) is 4.36. The Labute approximate surface area is 146 Å². The van der Waals surface area contributed by atoms with Crippen molar-refractivity contribution >= 4 is 11.8 Å². The molecule has 0 amide bonds. The molecule has 0 fully saturated rings. The van der Waals surface area contributed by atoms with Crippen molar-refractivity contribution in [2.45, 2.75) is 25.7 Å². The molecule has 1 heterocycles. The molecule has 0 saturated carbocycles. The van der Waals surface area contributed by atoms with Gasteiger partial charge in [0.2, 0.25) is 6.79 Å². The number of ether oxygens (including phenoxy) is 3. The molecule has 25 heavy (non-hydrogen) atoms. The van der Waals surface area contributed by atoms with Crippen molar-refractivity contribution in [2.75, 3.05) is 13.9 Å². The number of carbonyl (C=O) groups is 2. The largest absolute Gasteiger partial charge is 0.469 e. The highest BCUT2D eigenvalue weighted by Crippen LogP contribution is 2.36. The summed E-state index contributed by atoms with van der Waals surface area (Å²) in [4.78, 5) is 24.9. The van der Waals surface area contributed by atoms with Crippen LogP contribution in [-0.2, 0) is 16.0 Å². The zero-order valence-corrected chi connectivity index (χ0v) is 14.3. The van der Waals surface area contributed by atoms with Gasteiger partial charge in [-0.25, -0.2) is 0 Å². The number of hydrogen-bond donors (Lipinski definition) is 0. The van der Waals surface area contributed by atoms with Gasteiger partial charge < -0.3 is 14.2 Å². The van der Waals surface area contributed by atoms with Gasteiger partial charge in [0, 0.05) is 12.0 Å². The van der Waals surface area contributed by atoms with Gasteiger partial charge in [0.1, 0.15) is 0 Å². The van der Waals surface area contributed by atoms with Gasteiger partial charge in [0.15, 0.2) is 17.3 Å². The zero-order valence-electron chi connectivity index (χ0n) is 14.3. The Morgan fingerprint density at radius 2 is 1.80 bits per heavy atom. The summed E-state index contributed by atoms with van der Waals surface area (Å²) in [7, 11) is 1.32. The monoisotopic (exact) mass is 340 g/mol. The van der Waals surface area contributed by atoms with E-state index >= 15 is 0 Å². The fourth-order valence-corrected chi connectivity index (χ4v) is 2.84. The number of hydrogen-bond acceptors (Lipinski definition) is 5. The summed E-state index contributed by atoms with van der Waals surface area (Å²) in [5.41, 5.74) is 2.43. The highest BCUT2D eigenvalue weighted by atomic mass is 16.7. The lowest BCUT2D eigenvalue weighted by molar-refractivity contribution is -0.142. The van der Waals surface area contributed by atoms with Crippen LogP contribution in [0.4, 0.5) is 0 Å². The molecule has 1 aliphatic rings. The summed E-state index contributed by atoms with van der Waals surface area (Å²) in [5.74, 6) is -0.0223. The number of rotatable bonds is 6. The summed E-state index contributed by atoms with van der Waals surface area (Å²) in [6.07, 6.45) is 0.953. The first-order valence-electron chi connectivity index (χ1n) is 8.22. The molecule has 0 saturated heterocycles. The summed E-state index contributed by atoms with van der Waals surface area (Å²) in [5, 5.41) is 0. The van der Waals surface area contributed by atoms with Crippen molar-refractivity contribution < 1.29 is 23.8 Å². The van der Waals surface area contributed by atoms with Crippen molar-refractivity contribution in [3.8, 4) is 11.5 Å². The predicted molar refractivity (Wildman–Crippen MR) is 92.1 cm³/mol. The second-order valence-corrected chi connectivity index (χ2v) is 5.87. The van der Waals surface area contributed by atoms with Crippen LogP contribution in [0, 0.1) is 0 Å². The van der Waals surface area contributed by atoms with Gasteiger partial charge in [0.25, 0.3) is 0 Å². The molecule has 2 aromatic carbocycles. The van der Waals surface area contributed by atoms with E-state index in [0.717, 1.165) is 12.0 Å². The smallest absolute Gasteiger partial charge is 0.313 e. The van der Waals surface area contributed by atoms with Crippen LogP contribution in [0.2, 0.25) is 0 Å². The van der Waals surface area contributed by atoms with Crippen LogP contribution in [0.25, 0.3) is 0 Å². The highest BCUT2D eigenvalue weighted by Gasteiger charge is 2.27. The van der Waals surface area contributed by atoms with Crippen LogP contribution in [0.1, 0.15) is 40.7 Å². The van der Waals surface area contributed by atoms with E-state index in [1.807, 2.05) is 12.1 Å². The van der Waals surface area contributed by atoms with Crippen LogP contribution in [0.15, 0.2) is 42.5 Å². The molecule has 0 aromatic heterocycles. The molecular formula is C20H20O5. The first kappa shape index (κ1) is 17.0. The van der Waals surface area contributed by atoms with Crippen molar-refractivity contribution in [1.29, 1.82) is 0 Å². The number of Topliss-reactive ketones (excluding diaryl/α,β-unsaturated/α-hetero) is 1. The average molecular weight is 340 g/mol. The fourth-order valence-electron chi connectivity index (χ4n) is 2.84. The van der Waals surface area contributed by atoms with Crippen molar-refractivity contribution in [3.05, 3.63) is 59.2 Å². The second kappa shape index (κ2) is 7.38. The minimum absolute atomic E-state index is 0.0395. The van der Waals surface area contributed by atoms with Gasteiger partial charge in [-0.1, -0.05) is 37.3 Å². The van der Waals surface area contributed by atoms with Crippen molar-refractivity contribution in [3.63, 3.8) is 0 Å². The molecule has 5 heteroatoms. The number of benzene rings is 2. The van der Waals surface area contributed by atoms with Crippen LogP contribution in [0.3, 0.4) is 0 Å². The van der Waals surface area contributed by atoms with Crippen molar-refractivity contribution in [2.24, 2.45) is 0 Å². The van der Waals surface area contributed by atoms with Crippen LogP contribution < -0.4 is 9.47 Å². The van der Waals surface area contributed by atoms with Gasteiger partial charge in [0.05, 0.1) is 13.0 Å². The molecule has 2 aromatic rings. The second-order valence-electron chi connectivity index (χ2n) is 5.87. The minimum atomic E-state index is -0.683. The number of aryl methyl sites for hydroxylation is 1.